The molecular formula is C19H23ClF3N3O4S. The molecule has 0 atom stereocenters. The maximum atomic E-state index is 12.3. The third kappa shape index (κ3) is 8.35. The number of aromatic nitrogens is 1. The zero-order valence-corrected chi connectivity index (χ0v) is 18.4. The average molecular weight is 482 g/mol. The number of hydrogen-bond donors (Lipinski definition) is 2. The number of primary amides is 1. The molecule has 1 heterocycles. The third-order valence-corrected chi connectivity index (χ3v) is 4.95. The van der Waals surface area contributed by atoms with Gasteiger partial charge in [-0.2, -0.15) is 21.6 Å². The normalized spacial score (nSPS) is 11.5. The Morgan fingerprint density at radius 2 is 1.74 bits per heavy atom. The van der Waals surface area contributed by atoms with Gasteiger partial charge in [-0.05, 0) is 43.2 Å². The van der Waals surface area contributed by atoms with Crippen LogP contribution in [0.3, 0.4) is 0 Å². The van der Waals surface area contributed by atoms with E-state index in [9.17, 15) is 26.4 Å². The molecule has 0 bridgehead atoms. The molecule has 7 nitrogen and oxygen atoms in total. The van der Waals surface area contributed by atoms with Gasteiger partial charge in [-0.1, -0.05) is 25.4 Å². The molecule has 0 spiro atoms. The first-order chi connectivity index (χ1) is 14.3. The third-order valence-electron chi connectivity index (χ3n) is 3.88. The summed E-state index contributed by atoms with van der Waals surface area (Å²) in [6.07, 6.45) is -1.44. The Balaban J connectivity index is 0.000000316. The number of benzene rings is 1. The summed E-state index contributed by atoms with van der Waals surface area (Å²) in [5, 5.41) is -0.0951. The standard InChI is InChI=1S/C11H18N2O3S.C8H5ClF3NO/c1-3-7-13(8-4-2)11-6-5-10(9-12-11)17(14,15)16;9-4-1-2-5(7(13)14)6(3-4)8(10,11)12/h5-6,9H,3-4,7-8H2,1-2H3,(H,14,15,16);1-3H,(H2,13,14). The number of pyridine rings is 1. The fraction of sp³-hybridized carbons (Fsp3) is 0.368. The molecule has 2 aromatic rings. The van der Waals surface area contributed by atoms with Gasteiger partial charge in [-0.3, -0.25) is 9.35 Å². The van der Waals surface area contributed by atoms with E-state index in [1.807, 2.05) is 0 Å². The molecule has 31 heavy (non-hydrogen) atoms. The molecule has 0 saturated carbocycles. The van der Waals surface area contributed by atoms with Crippen LogP contribution in [0.25, 0.3) is 0 Å². The number of halogens is 4. The summed E-state index contributed by atoms with van der Waals surface area (Å²) >= 11 is 5.38. The first kappa shape index (κ1) is 26.7. The number of carbonyl (C=O) groups excluding carboxylic acids is 1. The van der Waals surface area contributed by atoms with Crippen LogP contribution < -0.4 is 10.6 Å². The van der Waals surface area contributed by atoms with Crippen molar-refractivity contribution < 1.29 is 30.9 Å². The molecule has 0 aliphatic rings. The molecule has 172 valence electrons. The molecule has 0 aliphatic heterocycles. The number of carbonyl (C=O) groups is 1. The highest BCUT2D eigenvalue weighted by atomic mass is 35.5. The second-order valence-electron chi connectivity index (χ2n) is 6.37. The van der Waals surface area contributed by atoms with E-state index in [0.717, 1.165) is 37.8 Å². The predicted molar refractivity (Wildman–Crippen MR) is 112 cm³/mol. The van der Waals surface area contributed by atoms with Crippen molar-refractivity contribution in [2.24, 2.45) is 5.73 Å². The summed E-state index contributed by atoms with van der Waals surface area (Å²) < 4.78 is 67.5. The molecule has 2 rings (SSSR count). The lowest BCUT2D eigenvalue weighted by Crippen LogP contribution is -2.25. The molecule has 12 heteroatoms. The van der Waals surface area contributed by atoms with Gasteiger partial charge in [0, 0.05) is 18.1 Å². The van der Waals surface area contributed by atoms with Crippen molar-refractivity contribution in [2.45, 2.75) is 37.8 Å². The van der Waals surface area contributed by atoms with Crippen molar-refractivity contribution in [1.29, 1.82) is 0 Å². The van der Waals surface area contributed by atoms with Crippen LogP contribution in [0.1, 0.15) is 42.6 Å². The maximum Gasteiger partial charge on any atom is 0.417 e. The SMILES string of the molecule is CCCN(CCC)c1ccc(S(=O)(=O)O)cn1.NC(=O)c1ccc(Cl)cc1C(F)(F)F. The van der Waals surface area contributed by atoms with Crippen LogP contribution in [-0.4, -0.2) is 37.0 Å². The molecule has 0 saturated heterocycles. The second kappa shape index (κ2) is 11.3. The lowest BCUT2D eigenvalue weighted by Gasteiger charge is -2.22. The molecule has 0 unspecified atom stereocenters. The van der Waals surface area contributed by atoms with Gasteiger partial charge in [0.25, 0.3) is 10.1 Å². The van der Waals surface area contributed by atoms with Crippen molar-refractivity contribution >= 4 is 33.4 Å². The second-order valence-corrected chi connectivity index (χ2v) is 8.22. The van der Waals surface area contributed by atoms with Crippen molar-refractivity contribution in [3.8, 4) is 0 Å². The maximum absolute atomic E-state index is 12.3. The quantitative estimate of drug-likeness (QED) is 0.566. The number of rotatable bonds is 7. The highest BCUT2D eigenvalue weighted by Gasteiger charge is 2.34. The Labute approximate surface area is 183 Å². The van der Waals surface area contributed by atoms with E-state index < -0.39 is 33.3 Å². The summed E-state index contributed by atoms with van der Waals surface area (Å²) in [5.41, 5.74) is 3.08. The van der Waals surface area contributed by atoms with E-state index in [-0.39, 0.29) is 9.92 Å². The summed E-state index contributed by atoms with van der Waals surface area (Å²) in [7, 11) is -4.15. The lowest BCUT2D eigenvalue weighted by molar-refractivity contribution is -0.137. The predicted octanol–water partition coefficient (Wildman–Crippen LogP) is 4.41. The number of anilines is 1. The smallest absolute Gasteiger partial charge is 0.366 e. The monoisotopic (exact) mass is 481 g/mol. The topological polar surface area (TPSA) is 114 Å². The Bertz CT molecular complexity index is 978. The zero-order valence-electron chi connectivity index (χ0n) is 16.9. The summed E-state index contributed by atoms with van der Waals surface area (Å²) in [5.74, 6) is -0.393. The number of nitrogens with two attached hydrogens (primary N) is 1. The summed E-state index contributed by atoms with van der Waals surface area (Å²) in [4.78, 5) is 16.6. The van der Waals surface area contributed by atoms with Gasteiger partial charge >= 0.3 is 6.18 Å². The molecule has 1 aromatic heterocycles. The fourth-order valence-electron chi connectivity index (χ4n) is 2.56. The number of amides is 1. The van der Waals surface area contributed by atoms with Gasteiger partial charge in [-0.15, -0.1) is 0 Å². The summed E-state index contributed by atoms with van der Waals surface area (Å²) in [6, 6.07) is 5.79. The Hall–Kier alpha value is -2.37. The van der Waals surface area contributed by atoms with E-state index in [2.05, 4.69) is 23.7 Å². The van der Waals surface area contributed by atoms with Crippen LogP contribution in [0.4, 0.5) is 19.0 Å². The van der Waals surface area contributed by atoms with Crippen LogP contribution >= 0.6 is 11.6 Å². The van der Waals surface area contributed by atoms with Gasteiger partial charge in [0.05, 0.1) is 17.3 Å². The average Bonchev–Trinajstić information content (AvgIpc) is 2.67. The molecule has 1 amide bonds. The first-order valence-corrected chi connectivity index (χ1v) is 11.0. The highest BCUT2D eigenvalue weighted by molar-refractivity contribution is 7.85. The van der Waals surface area contributed by atoms with Gasteiger partial charge in [0.2, 0.25) is 5.91 Å². The number of alkyl halides is 3. The van der Waals surface area contributed by atoms with E-state index in [4.69, 9.17) is 21.9 Å². The van der Waals surface area contributed by atoms with Crippen molar-refractivity contribution in [3.05, 3.63) is 52.7 Å². The van der Waals surface area contributed by atoms with Crippen molar-refractivity contribution in [2.75, 3.05) is 18.0 Å². The molecule has 0 aliphatic carbocycles. The molecule has 3 N–H and O–H groups in total. The minimum atomic E-state index is -4.63. The van der Waals surface area contributed by atoms with E-state index in [1.54, 1.807) is 6.07 Å². The largest absolute Gasteiger partial charge is 0.417 e. The first-order valence-electron chi connectivity index (χ1n) is 9.16. The Kier molecular flexibility index (Phi) is 9.72. The fourth-order valence-corrected chi connectivity index (χ4v) is 3.16. The van der Waals surface area contributed by atoms with Gasteiger partial charge in [0.1, 0.15) is 10.7 Å². The number of nitrogens with zero attached hydrogens (tertiary/aromatic N) is 2. The Morgan fingerprint density at radius 1 is 1.16 bits per heavy atom. The molecule has 1 aromatic carbocycles. The van der Waals surface area contributed by atoms with Crippen molar-refractivity contribution in [3.63, 3.8) is 0 Å². The minimum absolute atomic E-state index is 0.0951. The Morgan fingerprint density at radius 3 is 2.13 bits per heavy atom. The molecular weight excluding hydrogens is 459 g/mol. The number of hydrogen-bond acceptors (Lipinski definition) is 5. The minimum Gasteiger partial charge on any atom is -0.366 e. The molecule has 0 fully saturated rings. The van der Waals surface area contributed by atoms with Gasteiger partial charge in [-0.25, -0.2) is 4.98 Å². The van der Waals surface area contributed by atoms with E-state index >= 15 is 0 Å². The van der Waals surface area contributed by atoms with Gasteiger partial charge < -0.3 is 10.6 Å². The lowest BCUT2D eigenvalue weighted by atomic mass is 10.1. The molecule has 0 radical (unpaired) electrons. The van der Waals surface area contributed by atoms with Crippen LogP contribution in [-0.2, 0) is 16.3 Å². The van der Waals surface area contributed by atoms with Gasteiger partial charge in [0.15, 0.2) is 0 Å². The van der Waals surface area contributed by atoms with E-state index in [0.29, 0.717) is 6.07 Å². The summed E-state index contributed by atoms with van der Waals surface area (Å²) in [6.45, 7) is 5.92. The van der Waals surface area contributed by atoms with E-state index in [1.165, 1.54) is 18.3 Å². The van der Waals surface area contributed by atoms with Crippen LogP contribution in [0, 0.1) is 0 Å². The highest BCUT2D eigenvalue weighted by Crippen LogP contribution is 2.33. The van der Waals surface area contributed by atoms with Crippen LogP contribution in [0.2, 0.25) is 5.02 Å². The van der Waals surface area contributed by atoms with Crippen LogP contribution in [0.5, 0.6) is 0 Å². The van der Waals surface area contributed by atoms with Crippen LogP contribution in [0.15, 0.2) is 41.4 Å². The zero-order chi connectivity index (χ0) is 23.8. The van der Waals surface area contributed by atoms with Crippen molar-refractivity contribution in [1.82, 2.24) is 4.98 Å².